The van der Waals surface area contributed by atoms with Crippen LogP contribution in [0.5, 0.6) is 0 Å². The molecule has 1 aliphatic rings. The van der Waals surface area contributed by atoms with Gasteiger partial charge in [0, 0.05) is 43.8 Å². The van der Waals surface area contributed by atoms with E-state index in [4.69, 9.17) is 11.6 Å². The third kappa shape index (κ3) is 5.15. The van der Waals surface area contributed by atoms with Gasteiger partial charge in [-0.2, -0.15) is 0 Å². The fourth-order valence-electron chi connectivity index (χ4n) is 2.82. The van der Waals surface area contributed by atoms with Gasteiger partial charge < -0.3 is 4.90 Å². The van der Waals surface area contributed by atoms with E-state index < -0.39 is 0 Å². The second-order valence-corrected chi connectivity index (χ2v) is 6.55. The Labute approximate surface area is 152 Å². The molecule has 2 aromatic rings. The highest BCUT2D eigenvalue weighted by Gasteiger charge is 2.19. The Morgan fingerprint density at radius 3 is 2.28 bits per heavy atom. The highest BCUT2D eigenvalue weighted by atomic mass is 35.5. The van der Waals surface area contributed by atoms with E-state index in [1.165, 1.54) is 12.1 Å². The molecule has 5 heteroatoms. The fourth-order valence-corrected chi connectivity index (χ4v) is 2.95. The van der Waals surface area contributed by atoms with Crippen molar-refractivity contribution in [2.45, 2.75) is 6.54 Å². The maximum absolute atomic E-state index is 12.9. The third-order valence-corrected chi connectivity index (χ3v) is 4.54. The van der Waals surface area contributed by atoms with Gasteiger partial charge in [0.05, 0.1) is 0 Å². The van der Waals surface area contributed by atoms with E-state index in [1.54, 1.807) is 18.2 Å². The summed E-state index contributed by atoms with van der Waals surface area (Å²) in [5.74, 6) is -0.192. The molecule has 3 rings (SSSR count). The van der Waals surface area contributed by atoms with Crippen LogP contribution in [-0.2, 0) is 11.3 Å². The van der Waals surface area contributed by atoms with Crippen molar-refractivity contribution in [3.63, 3.8) is 0 Å². The first-order valence-corrected chi connectivity index (χ1v) is 8.67. The van der Waals surface area contributed by atoms with Crippen LogP contribution in [0, 0.1) is 5.82 Å². The van der Waals surface area contributed by atoms with E-state index in [0.29, 0.717) is 18.1 Å². The molecule has 0 N–H and O–H groups in total. The van der Waals surface area contributed by atoms with Crippen molar-refractivity contribution in [2.75, 3.05) is 26.2 Å². The molecule has 0 saturated carbocycles. The SMILES string of the molecule is O=C(C=Cc1ccc(Cl)cc1)N1CCN(Cc2ccc(F)cc2)CC1. The van der Waals surface area contributed by atoms with Gasteiger partial charge in [-0.15, -0.1) is 0 Å². The molecule has 0 radical (unpaired) electrons. The van der Waals surface area contributed by atoms with Gasteiger partial charge in [-0.05, 0) is 41.5 Å². The number of rotatable bonds is 4. The minimum Gasteiger partial charge on any atom is -0.337 e. The van der Waals surface area contributed by atoms with Gasteiger partial charge in [0.15, 0.2) is 0 Å². The van der Waals surface area contributed by atoms with E-state index in [2.05, 4.69) is 4.90 Å². The number of benzene rings is 2. The number of halogens is 2. The first kappa shape index (κ1) is 17.6. The minimum absolute atomic E-state index is 0.0244. The standard InChI is InChI=1S/C20H20ClFN2O/c21-18-6-1-16(2-7-18)5-10-20(25)24-13-11-23(12-14-24)15-17-3-8-19(22)9-4-17/h1-10H,11-15H2. The predicted octanol–water partition coefficient (Wildman–Crippen LogP) is 3.84. The van der Waals surface area contributed by atoms with E-state index >= 15 is 0 Å². The van der Waals surface area contributed by atoms with E-state index in [9.17, 15) is 9.18 Å². The van der Waals surface area contributed by atoms with Crippen LogP contribution in [0.1, 0.15) is 11.1 Å². The molecule has 1 amide bonds. The van der Waals surface area contributed by atoms with Crippen LogP contribution in [0.3, 0.4) is 0 Å². The van der Waals surface area contributed by atoms with Gasteiger partial charge >= 0.3 is 0 Å². The Hall–Kier alpha value is -2.17. The molecule has 25 heavy (non-hydrogen) atoms. The minimum atomic E-state index is -0.216. The van der Waals surface area contributed by atoms with Crippen LogP contribution in [0.15, 0.2) is 54.6 Å². The van der Waals surface area contributed by atoms with Crippen LogP contribution in [0.4, 0.5) is 4.39 Å². The summed E-state index contributed by atoms with van der Waals surface area (Å²) in [6.45, 7) is 3.81. The van der Waals surface area contributed by atoms with E-state index in [1.807, 2.05) is 35.2 Å². The number of carbonyl (C=O) groups excluding carboxylic acids is 1. The monoisotopic (exact) mass is 358 g/mol. The molecule has 0 spiro atoms. The molecule has 2 aromatic carbocycles. The molecular formula is C20H20ClFN2O. The topological polar surface area (TPSA) is 23.6 Å². The molecule has 0 aromatic heterocycles. The lowest BCUT2D eigenvalue weighted by Gasteiger charge is -2.34. The molecule has 0 aliphatic carbocycles. The molecule has 1 heterocycles. The highest BCUT2D eigenvalue weighted by molar-refractivity contribution is 6.30. The van der Waals surface area contributed by atoms with Crippen LogP contribution in [-0.4, -0.2) is 41.9 Å². The Kier molecular flexibility index (Phi) is 5.84. The zero-order valence-corrected chi connectivity index (χ0v) is 14.6. The van der Waals surface area contributed by atoms with Crippen molar-refractivity contribution in [3.8, 4) is 0 Å². The Bertz CT molecular complexity index is 735. The number of hydrogen-bond donors (Lipinski definition) is 0. The van der Waals surface area contributed by atoms with Crippen molar-refractivity contribution in [3.05, 3.63) is 76.6 Å². The third-order valence-electron chi connectivity index (χ3n) is 4.29. The van der Waals surface area contributed by atoms with Crippen molar-refractivity contribution in [1.82, 2.24) is 9.80 Å². The molecule has 1 aliphatic heterocycles. The smallest absolute Gasteiger partial charge is 0.246 e. The molecule has 0 unspecified atom stereocenters. The maximum atomic E-state index is 12.9. The van der Waals surface area contributed by atoms with Gasteiger partial charge in [0.2, 0.25) is 5.91 Å². The molecule has 3 nitrogen and oxygen atoms in total. The summed E-state index contributed by atoms with van der Waals surface area (Å²) >= 11 is 5.85. The molecule has 1 fully saturated rings. The van der Waals surface area contributed by atoms with Crippen LogP contribution in [0.25, 0.3) is 6.08 Å². The largest absolute Gasteiger partial charge is 0.337 e. The van der Waals surface area contributed by atoms with Crippen molar-refractivity contribution in [2.24, 2.45) is 0 Å². The summed E-state index contributed by atoms with van der Waals surface area (Å²) in [5.41, 5.74) is 2.04. The number of amides is 1. The lowest BCUT2D eigenvalue weighted by Crippen LogP contribution is -2.47. The second-order valence-electron chi connectivity index (χ2n) is 6.11. The number of carbonyl (C=O) groups is 1. The number of hydrogen-bond acceptors (Lipinski definition) is 2. The molecule has 130 valence electrons. The molecule has 0 atom stereocenters. The summed E-state index contributed by atoms with van der Waals surface area (Å²) < 4.78 is 12.9. The lowest BCUT2D eigenvalue weighted by molar-refractivity contribution is -0.127. The van der Waals surface area contributed by atoms with Gasteiger partial charge in [0.25, 0.3) is 0 Å². The summed E-state index contributed by atoms with van der Waals surface area (Å²) in [7, 11) is 0. The van der Waals surface area contributed by atoms with E-state index in [-0.39, 0.29) is 11.7 Å². The Morgan fingerprint density at radius 2 is 1.64 bits per heavy atom. The number of nitrogens with zero attached hydrogens (tertiary/aromatic N) is 2. The zero-order valence-electron chi connectivity index (χ0n) is 13.9. The first-order valence-electron chi connectivity index (χ1n) is 8.29. The summed E-state index contributed by atoms with van der Waals surface area (Å²) in [6.07, 6.45) is 3.42. The Balaban J connectivity index is 1.48. The quantitative estimate of drug-likeness (QED) is 0.775. The lowest BCUT2D eigenvalue weighted by atomic mass is 10.2. The van der Waals surface area contributed by atoms with Crippen molar-refractivity contribution < 1.29 is 9.18 Å². The molecular weight excluding hydrogens is 339 g/mol. The van der Waals surface area contributed by atoms with Crippen LogP contribution in [0.2, 0.25) is 5.02 Å². The van der Waals surface area contributed by atoms with E-state index in [0.717, 1.165) is 30.8 Å². The second kappa shape index (κ2) is 8.28. The predicted molar refractivity (Wildman–Crippen MR) is 98.7 cm³/mol. The van der Waals surface area contributed by atoms with Crippen LogP contribution < -0.4 is 0 Å². The highest BCUT2D eigenvalue weighted by Crippen LogP contribution is 2.12. The summed E-state index contributed by atoms with van der Waals surface area (Å²) in [6, 6.07) is 14.0. The number of piperazine rings is 1. The first-order chi connectivity index (χ1) is 12.1. The maximum Gasteiger partial charge on any atom is 0.246 e. The Morgan fingerprint density at radius 1 is 1.00 bits per heavy atom. The molecule has 0 bridgehead atoms. The van der Waals surface area contributed by atoms with Gasteiger partial charge in [-0.25, -0.2) is 4.39 Å². The zero-order chi connectivity index (χ0) is 17.6. The normalized spacial score (nSPS) is 15.7. The summed E-state index contributed by atoms with van der Waals surface area (Å²) in [5, 5.41) is 0.681. The van der Waals surface area contributed by atoms with Crippen molar-refractivity contribution >= 4 is 23.6 Å². The van der Waals surface area contributed by atoms with Crippen LogP contribution >= 0.6 is 11.6 Å². The molecule has 1 saturated heterocycles. The van der Waals surface area contributed by atoms with Gasteiger partial charge in [0.1, 0.15) is 5.82 Å². The van der Waals surface area contributed by atoms with Gasteiger partial charge in [-0.1, -0.05) is 35.9 Å². The average Bonchev–Trinajstić information content (AvgIpc) is 2.63. The average molecular weight is 359 g/mol. The summed E-state index contributed by atoms with van der Waals surface area (Å²) in [4.78, 5) is 16.4. The van der Waals surface area contributed by atoms with Crippen molar-refractivity contribution in [1.29, 1.82) is 0 Å². The van der Waals surface area contributed by atoms with Gasteiger partial charge in [-0.3, -0.25) is 9.69 Å². The fraction of sp³-hybridized carbons (Fsp3) is 0.250.